The number of esters is 1. The highest BCUT2D eigenvalue weighted by Crippen LogP contribution is 2.35. The average Bonchev–Trinajstić information content (AvgIpc) is 3.10. The predicted octanol–water partition coefficient (Wildman–Crippen LogP) is 3.17. The summed E-state index contributed by atoms with van der Waals surface area (Å²) in [5.74, 6) is -0.0209. The molecule has 33 heavy (non-hydrogen) atoms. The lowest BCUT2D eigenvalue weighted by atomic mass is 9.95. The fourth-order valence-electron chi connectivity index (χ4n) is 3.76. The third-order valence-electron chi connectivity index (χ3n) is 5.23. The molecule has 1 aliphatic heterocycles. The number of benzene rings is 2. The standard InChI is InChI=1S/C24H21ClN2O5S/c1-4-32-23(30)20-13(2)26-24-27(21(20)16-7-5-6-8-18(16)31-3)22(29)19(33-24)12-14-11-15(25)9-10-17(14)28/h5-12,21,28H,4H2,1-3H3/b19-12-/t21-/m1/s1. The van der Waals surface area contributed by atoms with Crippen molar-refractivity contribution in [3.63, 3.8) is 0 Å². The van der Waals surface area contributed by atoms with Gasteiger partial charge in [0.1, 0.15) is 17.5 Å². The number of hydrogen-bond donors (Lipinski definition) is 1. The maximum absolute atomic E-state index is 13.6. The Bertz CT molecular complexity index is 1450. The zero-order valence-electron chi connectivity index (χ0n) is 18.2. The van der Waals surface area contributed by atoms with Crippen LogP contribution >= 0.6 is 22.9 Å². The lowest BCUT2D eigenvalue weighted by Crippen LogP contribution is -2.40. The maximum Gasteiger partial charge on any atom is 0.338 e. The molecule has 1 atom stereocenters. The SMILES string of the molecule is CCOC(=O)C1=C(C)N=c2s/c(=C\c3cc(Cl)ccc3O)c(=O)n2[C@@H]1c1ccccc1OC. The molecule has 0 saturated heterocycles. The van der Waals surface area contributed by atoms with Gasteiger partial charge in [0.2, 0.25) is 0 Å². The van der Waals surface area contributed by atoms with Crippen LogP contribution in [0.15, 0.2) is 63.5 Å². The van der Waals surface area contributed by atoms with Gasteiger partial charge in [-0.15, -0.1) is 0 Å². The summed E-state index contributed by atoms with van der Waals surface area (Å²) in [6, 6.07) is 11.0. The van der Waals surface area contributed by atoms with Crippen molar-refractivity contribution in [1.29, 1.82) is 0 Å². The van der Waals surface area contributed by atoms with E-state index >= 15 is 0 Å². The van der Waals surface area contributed by atoms with Gasteiger partial charge in [-0.3, -0.25) is 9.36 Å². The predicted molar refractivity (Wildman–Crippen MR) is 127 cm³/mol. The normalized spacial score (nSPS) is 15.8. The second kappa shape index (κ2) is 9.25. The number of carbonyl (C=O) groups excluding carboxylic acids is 1. The van der Waals surface area contributed by atoms with Gasteiger partial charge in [-0.05, 0) is 44.2 Å². The first-order chi connectivity index (χ1) is 15.8. The van der Waals surface area contributed by atoms with Gasteiger partial charge >= 0.3 is 5.97 Å². The van der Waals surface area contributed by atoms with E-state index in [9.17, 15) is 14.7 Å². The van der Waals surface area contributed by atoms with Crippen LogP contribution in [0, 0.1) is 0 Å². The quantitative estimate of drug-likeness (QED) is 0.562. The van der Waals surface area contributed by atoms with Crippen LogP contribution in [0.1, 0.15) is 31.0 Å². The summed E-state index contributed by atoms with van der Waals surface area (Å²) in [5, 5.41) is 10.6. The minimum atomic E-state index is -0.786. The summed E-state index contributed by atoms with van der Waals surface area (Å²) in [5.41, 5.74) is 1.41. The molecule has 0 amide bonds. The molecule has 2 heterocycles. The van der Waals surface area contributed by atoms with Crippen molar-refractivity contribution in [3.05, 3.63) is 89.6 Å². The van der Waals surface area contributed by atoms with E-state index in [1.807, 2.05) is 12.1 Å². The van der Waals surface area contributed by atoms with Crippen molar-refractivity contribution in [2.24, 2.45) is 4.99 Å². The van der Waals surface area contributed by atoms with Gasteiger partial charge in [0, 0.05) is 16.1 Å². The summed E-state index contributed by atoms with van der Waals surface area (Å²) in [4.78, 5) is 31.5. The van der Waals surface area contributed by atoms with E-state index in [0.717, 1.165) is 11.3 Å². The van der Waals surface area contributed by atoms with E-state index in [1.165, 1.54) is 17.7 Å². The van der Waals surface area contributed by atoms with Crippen LogP contribution in [-0.2, 0) is 9.53 Å². The smallest absolute Gasteiger partial charge is 0.338 e. The number of ether oxygens (including phenoxy) is 2. The summed E-state index contributed by atoms with van der Waals surface area (Å²) < 4.78 is 12.6. The highest BCUT2D eigenvalue weighted by atomic mass is 35.5. The van der Waals surface area contributed by atoms with Gasteiger partial charge in [0.15, 0.2) is 4.80 Å². The second-order valence-electron chi connectivity index (χ2n) is 7.25. The number of rotatable bonds is 5. The zero-order chi connectivity index (χ0) is 23.7. The molecular formula is C24H21ClN2O5S. The number of carbonyl (C=O) groups is 1. The Morgan fingerprint density at radius 1 is 1.30 bits per heavy atom. The molecule has 1 aliphatic rings. The average molecular weight is 485 g/mol. The van der Waals surface area contributed by atoms with E-state index in [4.69, 9.17) is 21.1 Å². The number of nitrogens with zero attached hydrogens (tertiary/aromatic N) is 2. The molecule has 0 unspecified atom stereocenters. The first-order valence-electron chi connectivity index (χ1n) is 10.2. The summed E-state index contributed by atoms with van der Waals surface area (Å²) in [6.45, 7) is 3.62. The number of para-hydroxylation sites is 1. The van der Waals surface area contributed by atoms with Gasteiger partial charge in [-0.1, -0.05) is 41.1 Å². The number of phenolic OH excluding ortho intramolecular Hbond substituents is 1. The highest BCUT2D eigenvalue weighted by molar-refractivity contribution is 7.07. The number of phenols is 1. The van der Waals surface area contributed by atoms with E-state index < -0.39 is 12.0 Å². The fraction of sp³-hybridized carbons (Fsp3) is 0.208. The van der Waals surface area contributed by atoms with Crippen LogP contribution in [0.3, 0.4) is 0 Å². The van der Waals surface area contributed by atoms with Crippen molar-refractivity contribution >= 4 is 35.0 Å². The van der Waals surface area contributed by atoms with E-state index in [-0.39, 0.29) is 23.5 Å². The zero-order valence-corrected chi connectivity index (χ0v) is 19.7. The van der Waals surface area contributed by atoms with Crippen molar-refractivity contribution in [2.45, 2.75) is 19.9 Å². The molecule has 0 aliphatic carbocycles. The Labute approximate surface area is 198 Å². The summed E-state index contributed by atoms with van der Waals surface area (Å²) >= 11 is 7.22. The maximum atomic E-state index is 13.6. The largest absolute Gasteiger partial charge is 0.507 e. The molecule has 3 aromatic rings. The number of fused-ring (bicyclic) bond motifs is 1. The Balaban J connectivity index is 2.01. The minimum Gasteiger partial charge on any atom is -0.507 e. The molecule has 0 bridgehead atoms. The molecule has 170 valence electrons. The van der Waals surface area contributed by atoms with E-state index in [0.29, 0.717) is 36.9 Å². The van der Waals surface area contributed by atoms with Gasteiger partial charge in [-0.2, -0.15) is 0 Å². The molecule has 2 aromatic carbocycles. The number of thiazole rings is 1. The molecular weight excluding hydrogens is 464 g/mol. The number of hydrogen-bond acceptors (Lipinski definition) is 7. The fourth-order valence-corrected chi connectivity index (χ4v) is 4.98. The molecule has 0 fully saturated rings. The monoisotopic (exact) mass is 484 g/mol. The van der Waals surface area contributed by atoms with Crippen LogP contribution in [0.5, 0.6) is 11.5 Å². The van der Waals surface area contributed by atoms with Crippen molar-refractivity contribution in [3.8, 4) is 11.5 Å². The number of halogens is 1. The Morgan fingerprint density at radius 2 is 2.06 bits per heavy atom. The van der Waals surface area contributed by atoms with Crippen LogP contribution in [-0.4, -0.2) is 29.4 Å². The molecule has 1 aromatic heterocycles. The van der Waals surface area contributed by atoms with Crippen LogP contribution < -0.4 is 19.6 Å². The van der Waals surface area contributed by atoms with Crippen LogP contribution in [0.2, 0.25) is 5.02 Å². The Kier molecular flexibility index (Phi) is 6.40. The Hall–Kier alpha value is -3.36. The molecule has 0 spiro atoms. The van der Waals surface area contributed by atoms with Crippen LogP contribution in [0.25, 0.3) is 6.08 Å². The van der Waals surface area contributed by atoms with Crippen LogP contribution in [0.4, 0.5) is 0 Å². The molecule has 4 rings (SSSR count). The topological polar surface area (TPSA) is 90.1 Å². The van der Waals surface area contributed by atoms with Gasteiger partial charge < -0.3 is 14.6 Å². The highest BCUT2D eigenvalue weighted by Gasteiger charge is 2.34. The summed E-state index contributed by atoms with van der Waals surface area (Å²) in [6.07, 6.45) is 1.56. The Morgan fingerprint density at radius 3 is 2.79 bits per heavy atom. The van der Waals surface area contributed by atoms with Gasteiger partial charge in [0.25, 0.3) is 5.56 Å². The number of allylic oxidation sites excluding steroid dienone is 1. The van der Waals surface area contributed by atoms with Gasteiger partial charge in [0.05, 0.1) is 29.5 Å². The summed E-state index contributed by atoms with van der Waals surface area (Å²) in [7, 11) is 1.53. The van der Waals surface area contributed by atoms with Gasteiger partial charge in [-0.25, -0.2) is 9.79 Å². The lowest BCUT2D eigenvalue weighted by molar-refractivity contribution is -0.139. The third-order valence-corrected chi connectivity index (χ3v) is 6.44. The molecule has 7 nitrogen and oxygen atoms in total. The first kappa shape index (κ1) is 22.8. The molecule has 0 saturated carbocycles. The van der Waals surface area contributed by atoms with Crippen molar-refractivity contribution < 1.29 is 19.4 Å². The lowest BCUT2D eigenvalue weighted by Gasteiger charge is -2.25. The van der Waals surface area contributed by atoms with Crippen molar-refractivity contribution in [2.75, 3.05) is 13.7 Å². The van der Waals surface area contributed by atoms with E-state index in [2.05, 4.69) is 4.99 Å². The number of aromatic nitrogens is 1. The third kappa shape index (κ3) is 4.19. The molecule has 1 N–H and O–H groups in total. The molecule has 0 radical (unpaired) electrons. The minimum absolute atomic E-state index is 0.00472. The van der Waals surface area contributed by atoms with E-state index in [1.54, 1.807) is 44.2 Å². The van der Waals surface area contributed by atoms with Crippen molar-refractivity contribution in [1.82, 2.24) is 4.57 Å². The molecule has 9 heteroatoms. The first-order valence-corrected chi connectivity index (χ1v) is 11.4. The number of aromatic hydroxyl groups is 1. The second-order valence-corrected chi connectivity index (χ2v) is 8.69. The number of methoxy groups -OCH3 is 1.